The van der Waals surface area contributed by atoms with Crippen molar-refractivity contribution in [1.82, 2.24) is 20.2 Å². The van der Waals surface area contributed by atoms with E-state index in [-0.39, 0.29) is 23.8 Å². The summed E-state index contributed by atoms with van der Waals surface area (Å²) in [6, 6.07) is 11.5. The summed E-state index contributed by atoms with van der Waals surface area (Å²) >= 11 is 1.45. The Morgan fingerprint density at radius 1 is 1.15 bits per heavy atom. The van der Waals surface area contributed by atoms with Crippen LogP contribution < -0.4 is 14.8 Å². The van der Waals surface area contributed by atoms with Crippen molar-refractivity contribution in [1.29, 1.82) is 0 Å². The molecule has 8 nitrogen and oxygen atoms in total. The number of piperidine rings is 1. The standard InChI is InChI=1S/C24H26N4O4S/c1-15-21(26-14-33-15)22(29)27-19-9-10-28(13-18(19)16-7-5-4-6-8-16)24(30)17-11-20(31-2)23(32-3)25-12-17/h4-8,11-12,14,18-19H,9-10,13H2,1-3H3,(H,27,29)/t18-,19-/m1/s1. The van der Waals surface area contributed by atoms with Crippen LogP contribution in [0.15, 0.2) is 48.1 Å². The first-order valence-electron chi connectivity index (χ1n) is 10.6. The molecule has 3 heterocycles. The summed E-state index contributed by atoms with van der Waals surface area (Å²) in [5, 5.41) is 3.16. The zero-order valence-corrected chi connectivity index (χ0v) is 19.6. The Hall–Kier alpha value is -3.46. The fourth-order valence-corrected chi connectivity index (χ4v) is 4.71. The molecular weight excluding hydrogens is 440 g/mol. The van der Waals surface area contributed by atoms with Crippen LogP contribution in [0.2, 0.25) is 0 Å². The second kappa shape index (κ2) is 9.99. The number of likely N-dealkylation sites (tertiary alicyclic amines) is 1. The maximum Gasteiger partial charge on any atom is 0.271 e. The second-order valence-corrected chi connectivity index (χ2v) is 8.89. The van der Waals surface area contributed by atoms with Crippen molar-refractivity contribution in [3.05, 3.63) is 69.8 Å². The van der Waals surface area contributed by atoms with Gasteiger partial charge >= 0.3 is 0 Å². The summed E-state index contributed by atoms with van der Waals surface area (Å²) < 4.78 is 10.5. The lowest BCUT2D eigenvalue weighted by atomic mass is 9.85. The molecule has 2 amide bonds. The largest absolute Gasteiger partial charge is 0.491 e. The fraction of sp³-hybridized carbons (Fsp3) is 0.333. The van der Waals surface area contributed by atoms with E-state index in [1.807, 2.05) is 37.3 Å². The number of nitrogens with one attached hydrogen (secondary N) is 1. The van der Waals surface area contributed by atoms with E-state index in [0.717, 1.165) is 10.4 Å². The minimum Gasteiger partial charge on any atom is -0.491 e. The zero-order valence-electron chi connectivity index (χ0n) is 18.8. The number of aryl methyl sites for hydroxylation is 1. The van der Waals surface area contributed by atoms with Crippen LogP contribution in [0.4, 0.5) is 0 Å². The molecule has 3 aromatic rings. The third-order valence-corrected chi connectivity index (χ3v) is 6.64. The van der Waals surface area contributed by atoms with Gasteiger partial charge in [-0.2, -0.15) is 0 Å². The summed E-state index contributed by atoms with van der Waals surface area (Å²) in [7, 11) is 3.01. The number of methoxy groups -OCH3 is 2. The van der Waals surface area contributed by atoms with Gasteiger partial charge < -0.3 is 19.7 Å². The van der Waals surface area contributed by atoms with Crippen LogP contribution in [0.3, 0.4) is 0 Å². The smallest absolute Gasteiger partial charge is 0.271 e. The first kappa shape index (κ1) is 22.7. The topological polar surface area (TPSA) is 93.7 Å². The average molecular weight is 467 g/mol. The predicted octanol–water partition coefficient (Wildman–Crippen LogP) is 3.29. The molecule has 1 aliphatic heterocycles. The molecule has 9 heteroatoms. The van der Waals surface area contributed by atoms with Crippen LogP contribution >= 0.6 is 11.3 Å². The molecule has 0 saturated carbocycles. The minimum atomic E-state index is -0.177. The van der Waals surface area contributed by atoms with Gasteiger partial charge in [0.15, 0.2) is 5.75 Å². The van der Waals surface area contributed by atoms with Gasteiger partial charge in [0.05, 0.1) is 25.3 Å². The van der Waals surface area contributed by atoms with Gasteiger partial charge in [-0.1, -0.05) is 30.3 Å². The SMILES string of the molecule is COc1cc(C(=O)N2CC[C@@H](NC(=O)c3ncsc3C)[C@@H](c3ccccc3)C2)cnc1OC. The van der Waals surface area contributed by atoms with E-state index in [9.17, 15) is 9.59 Å². The lowest BCUT2D eigenvalue weighted by Crippen LogP contribution is -2.51. The van der Waals surface area contributed by atoms with E-state index in [0.29, 0.717) is 42.4 Å². The number of carbonyl (C=O) groups is 2. The Kier molecular flexibility index (Phi) is 6.88. The quantitative estimate of drug-likeness (QED) is 0.599. The van der Waals surface area contributed by atoms with Crippen molar-refractivity contribution in [3.63, 3.8) is 0 Å². The predicted molar refractivity (Wildman–Crippen MR) is 125 cm³/mol. The average Bonchev–Trinajstić information content (AvgIpc) is 3.29. The Morgan fingerprint density at radius 2 is 1.94 bits per heavy atom. The molecular formula is C24H26N4O4S. The molecule has 2 atom stereocenters. The molecule has 0 aliphatic carbocycles. The molecule has 0 spiro atoms. The summed E-state index contributed by atoms with van der Waals surface area (Å²) in [5.74, 6) is 0.367. The number of aromatic nitrogens is 2. The molecule has 1 N–H and O–H groups in total. The third-order valence-electron chi connectivity index (χ3n) is 5.88. The van der Waals surface area contributed by atoms with Gasteiger partial charge in [-0.15, -0.1) is 11.3 Å². The monoisotopic (exact) mass is 466 g/mol. The Bertz CT molecular complexity index is 1130. The van der Waals surface area contributed by atoms with Gasteiger partial charge in [0.25, 0.3) is 17.7 Å². The van der Waals surface area contributed by atoms with Crippen LogP contribution in [0.5, 0.6) is 11.6 Å². The van der Waals surface area contributed by atoms with Crippen molar-refractivity contribution in [2.24, 2.45) is 0 Å². The molecule has 1 aliphatic rings. The van der Waals surface area contributed by atoms with Crippen LogP contribution in [0.25, 0.3) is 0 Å². The molecule has 0 radical (unpaired) electrons. The highest BCUT2D eigenvalue weighted by Gasteiger charge is 2.34. The number of hydrogen-bond donors (Lipinski definition) is 1. The van der Waals surface area contributed by atoms with Crippen LogP contribution in [-0.4, -0.2) is 60.0 Å². The Labute approximate surface area is 196 Å². The van der Waals surface area contributed by atoms with Crippen LogP contribution in [0.1, 0.15) is 43.6 Å². The number of benzene rings is 1. The summed E-state index contributed by atoms with van der Waals surface area (Å²) in [4.78, 5) is 37.2. The fourth-order valence-electron chi connectivity index (χ4n) is 4.14. The van der Waals surface area contributed by atoms with E-state index >= 15 is 0 Å². The molecule has 2 aromatic heterocycles. The minimum absolute atomic E-state index is 0.0557. The molecule has 1 aromatic carbocycles. The van der Waals surface area contributed by atoms with Gasteiger partial charge in [-0.05, 0) is 18.9 Å². The molecule has 1 fully saturated rings. The molecule has 172 valence electrons. The first-order valence-corrected chi connectivity index (χ1v) is 11.5. The zero-order chi connectivity index (χ0) is 23.4. The number of amides is 2. The highest BCUT2D eigenvalue weighted by atomic mass is 32.1. The molecule has 4 rings (SSSR count). The number of carbonyl (C=O) groups excluding carboxylic acids is 2. The van der Waals surface area contributed by atoms with Crippen LogP contribution in [-0.2, 0) is 0 Å². The lowest BCUT2D eigenvalue weighted by molar-refractivity contribution is 0.0670. The summed E-state index contributed by atoms with van der Waals surface area (Å²) in [6.45, 7) is 2.87. The van der Waals surface area contributed by atoms with Gasteiger partial charge in [0.2, 0.25) is 0 Å². The second-order valence-electron chi connectivity index (χ2n) is 7.83. The highest BCUT2D eigenvalue weighted by molar-refractivity contribution is 7.09. The number of rotatable bonds is 6. The van der Waals surface area contributed by atoms with Gasteiger partial charge in [-0.3, -0.25) is 9.59 Å². The normalized spacial score (nSPS) is 18.0. The van der Waals surface area contributed by atoms with E-state index < -0.39 is 0 Å². The maximum atomic E-state index is 13.3. The summed E-state index contributed by atoms with van der Waals surface area (Å²) in [5.41, 5.74) is 3.64. The number of ether oxygens (including phenoxy) is 2. The van der Waals surface area contributed by atoms with E-state index in [1.165, 1.54) is 31.8 Å². The van der Waals surface area contributed by atoms with E-state index in [4.69, 9.17) is 9.47 Å². The Morgan fingerprint density at radius 3 is 2.61 bits per heavy atom. The number of hydrogen-bond acceptors (Lipinski definition) is 7. The summed E-state index contributed by atoms with van der Waals surface area (Å²) in [6.07, 6.45) is 2.13. The van der Waals surface area contributed by atoms with Gasteiger partial charge in [-0.25, -0.2) is 9.97 Å². The van der Waals surface area contributed by atoms with Crippen LogP contribution in [0, 0.1) is 6.92 Å². The van der Waals surface area contributed by atoms with E-state index in [1.54, 1.807) is 16.5 Å². The number of nitrogens with zero attached hydrogens (tertiary/aromatic N) is 3. The maximum absolute atomic E-state index is 13.3. The van der Waals surface area contributed by atoms with Gasteiger partial charge in [0, 0.05) is 42.2 Å². The number of pyridine rings is 1. The number of thiazole rings is 1. The van der Waals surface area contributed by atoms with Crippen molar-refractivity contribution >= 4 is 23.2 Å². The van der Waals surface area contributed by atoms with Crippen molar-refractivity contribution < 1.29 is 19.1 Å². The molecule has 0 unspecified atom stereocenters. The molecule has 1 saturated heterocycles. The molecule has 33 heavy (non-hydrogen) atoms. The third kappa shape index (κ3) is 4.83. The Balaban J connectivity index is 1.56. The van der Waals surface area contributed by atoms with Crippen molar-refractivity contribution in [2.75, 3.05) is 27.3 Å². The first-order chi connectivity index (χ1) is 16.0. The molecule has 0 bridgehead atoms. The van der Waals surface area contributed by atoms with E-state index in [2.05, 4.69) is 15.3 Å². The lowest BCUT2D eigenvalue weighted by Gasteiger charge is -2.39. The van der Waals surface area contributed by atoms with Crippen molar-refractivity contribution in [2.45, 2.75) is 25.3 Å². The van der Waals surface area contributed by atoms with Gasteiger partial charge in [0.1, 0.15) is 5.69 Å². The highest BCUT2D eigenvalue weighted by Crippen LogP contribution is 2.30. The van der Waals surface area contributed by atoms with Crippen molar-refractivity contribution in [3.8, 4) is 11.6 Å².